The maximum absolute atomic E-state index is 13.4. The van der Waals surface area contributed by atoms with E-state index in [2.05, 4.69) is 0 Å². The molecule has 3 heterocycles. The summed E-state index contributed by atoms with van der Waals surface area (Å²) in [5, 5.41) is 21.1. The maximum Gasteiger partial charge on any atom is 0.310 e. The fourth-order valence-electron chi connectivity index (χ4n) is 6.40. The van der Waals surface area contributed by atoms with E-state index in [9.17, 15) is 19.8 Å². The third-order valence-electron chi connectivity index (χ3n) is 8.48. The molecule has 14 heteroatoms. The summed E-state index contributed by atoms with van der Waals surface area (Å²) >= 11 is 1.31. The molecule has 0 saturated carbocycles. The van der Waals surface area contributed by atoms with E-state index in [-0.39, 0.29) is 44.2 Å². The van der Waals surface area contributed by atoms with Crippen LogP contribution in [0.5, 0.6) is 40.5 Å². The van der Waals surface area contributed by atoms with Gasteiger partial charge in [-0.25, -0.2) is 0 Å². The highest BCUT2D eigenvalue weighted by Gasteiger charge is 2.54. The highest BCUT2D eigenvalue weighted by atomic mass is 32.2. The summed E-state index contributed by atoms with van der Waals surface area (Å²) in [6.07, 6.45) is -1.01. The molecule has 2 aromatic carbocycles. The van der Waals surface area contributed by atoms with Crippen molar-refractivity contribution in [1.29, 1.82) is 0 Å². The van der Waals surface area contributed by atoms with Crippen LogP contribution in [0.1, 0.15) is 42.1 Å². The number of nitrogens with two attached hydrogens (primary N) is 1. The van der Waals surface area contributed by atoms with Gasteiger partial charge in [-0.05, 0) is 42.3 Å². The molecule has 4 N–H and O–H groups in total. The second-order valence-electron chi connectivity index (χ2n) is 11.4. The number of nitrogens with zero attached hydrogens (tertiary/aromatic N) is 1. The van der Waals surface area contributed by atoms with Crippen molar-refractivity contribution in [1.82, 2.24) is 4.57 Å². The van der Waals surface area contributed by atoms with Crippen molar-refractivity contribution in [3.63, 3.8) is 0 Å². The molecule has 2 aliphatic heterocycles. The van der Waals surface area contributed by atoms with E-state index >= 15 is 0 Å². The average molecular weight is 657 g/mol. The number of ether oxygens (including phenoxy) is 7. The Morgan fingerprint density at radius 1 is 1.02 bits per heavy atom. The van der Waals surface area contributed by atoms with Gasteiger partial charge in [0.1, 0.15) is 6.10 Å². The molecule has 0 radical (unpaired) electrons. The number of carbonyl (C=O) groups is 2. The Labute approximate surface area is 269 Å². The molecule has 3 aromatic rings. The lowest BCUT2D eigenvalue weighted by molar-refractivity contribution is -0.154. The number of fused-ring (bicyclic) bond motifs is 3. The Balaban J connectivity index is 1.34. The first kappa shape index (κ1) is 31.5. The molecule has 1 saturated heterocycles. The first-order valence-electron chi connectivity index (χ1n) is 14.7. The van der Waals surface area contributed by atoms with E-state index in [0.717, 1.165) is 0 Å². The standard InChI is InChI=1S/C32H36N2O11S/c1-15(33)13-46-24-11-25(35)34(31(24)37)6-5-26(36)45-29-18-10-21-20(43-14-44-21)9-17(18)27(28-19(29)12-42-32(28)38)16-7-22(39-2)30(41-4)23(8-16)40-3/h7-11,15,19,27-29,35,37H,5-6,12-14,33H2,1-4H3/t15-,19+,27-,28+,29+/m1/s1. The van der Waals surface area contributed by atoms with E-state index in [1.54, 1.807) is 18.2 Å². The monoisotopic (exact) mass is 656 g/mol. The van der Waals surface area contributed by atoms with Gasteiger partial charge < -0.3 is 49.1 Å². The van der Waals surface area contributed by atoms with Gasteiger partial charge in [-0.1, -0.05) is 0 Å². The van der Waals surface area contributed by atoms with E-state index in [0.29, 0.717) is 56.1 Å². The van der Waals surface area contributed by atoms with Gasteiger partial charge >= 0.3 is 11.9 Å². The van der Waals surface area contributed by atoms with Crippen molar-refractivity contribution in [2.75, 3.05) is 40.5 Å². The zero-order chi connectivity index (χ0) is 32.7. The molecule has 6 rings (SSSR count). The molecule has 1 aliphatic carbocycles. The number of esters is 2. The fourth-order valence-corrected chi connectivity index (χ4v) is 7.27. The Morgan fingerprint density at radius 3 is 2.33 bits per heavy atom. The third-order valence-corrected chi connectivity index (χ3v) is 9.78. The van der Waals surface area contributed by atoms with Crippen molar-refractivity contribution in [2.45, 2.75) is 42.8 Å². The summed E-state index contributed by atoms with van der Waals surface area (Å²) in [7, 11) is 4.55. The van der Waals surface area contributed by atoms with Crippen LogP contribution < -0.4 is 29.4 Å². The molecule has 5 atom stereocenters. The predicted molar refractivity (Wildman–Crippen MR) is 164 cm³/mol. The Bertz CT molecular complexity index is 1630. The minimum atomic E-state index is -0.851. The number of cyclic esters (lactones) is 1. The molecule has 0 amide bonds. The second kappa shape index (κ2) is 12.8. The minimum Gasteiger partial charge on any atom is -0.494 e. The number of aromatic nitrogens is 1. The molecular formula is C32H36N2O11S. The summed E-state index contributed by atoms with van der Waals surface area (Å²) in [5.41, 5.74) is 7.88. The highest BCUT2D eigenvalue weighted by Crippen LogP contribution is 2.56. The van der Waals surface area contributed by atoms with Crippen LogP contribution >= 0.6 is 11.8 Å². The van der Waals surface area contributed by atoms with Crippen molar-refractivity contribution >= 4 is 23.7 Å². The summed E-state index contributed by atoms with van der Waals surface area (Å²) in [4.78, 5) is 27.3. The zero-order valence-electron chi connectivity index (χ0n) is 25.8. The number of benzene rings is 2. The number of methoxy groups -OCH3 is 3. The van der Waals surface area contributed by atoms with Crippen LogP contribution in [0.3, 0.4) is 0 Å². The lowest BCUT2D eigenvalue weighted by Crippen LogP contribution is -2.36. The van der Waals surface area contributed by atoms with Gasteiger partial charge in [0.25, 0.3) is 0 Å². The maximum atomic E-state index is 13.4. The van der Waals surface area contributed by atoms with Crippen LogP contribution in [0.15, 0.2) is 35.2 Å². The Kier molecular flexibility index (Phi) is 8.75. The quantitative estimate of drug-likeness (QED) is 0.202. The van der Waals surface area contributed by atoms with Crippen LogP contribution in [0.2, 0.25) is 0 Å². The van der Waals surface area contributed by atoms with E-state index in [4.69, 9.17) is 38.9 Å². The molecule has 0 unspecified atom stereocenters. The summed E-state index contributed by atoms with van der Waals surface area (Å²) in [6, 6.07) is 8.52. The molecule has 3 aliphatic rings. The van der Waals surface area contributed by atoms with E-state index < -0.39 is 35.8 Å². The third kappa shape index (κ3) is 5.60. The van der Waals surface area contributed by atoms with Crippen LogP contribution in [-0.4, -0.2) is 73.2 Å². The van der Waals surface area contributed by atoms with Crippen molar-refractivity contribution in [2.24, 2.45) is 17.6 Å². The van der Waals surface area contributed by atoms with Crippen molar-refractivity contribution in [3.05, 3.63) is 47.0 Å². The molecule has 1 fully saturated rings. The van der Waals surface area contributed by atoms with E-state index in [1.807, 2.05) is 13.0 Å². The topological polar surface area (TPSA) is 170 Å². The molecule has 0 spiro atoms. The summed E-state index contributed by atoms with van der Waals surface area (Å²) in [6.45, 7) is 1.87. The average Bonchev–Trinajstić information content (AvgIpc) is 3.74. The predicted octanol–water partition coefficient (Wildman–Crippen LogP) is 3.70. The fraction of sp³-hybridized carbons (Fsp3) is 0.438. The number of carbonyl (C=O) groups excluding carboxylic acids is 2. The molecule has 246 valence electrons. The van der Waals surface area contributed by atoms with Gasteiger partial charge in [-0.3, -0.25) is 14.2 Å². The van der Waals surface area contributed by atoms with Gasteiger partial charge in [-0.2, -0.15) is 0 Å². The summed E-state index contributed by atoms with van der Waals surface area (Å²) < 4.78 is 41.0. The number of hydrogen-bond donors (Lipinski definition) is 3. The largest absolute Gasteiger partial charge is 0.494 e. The van der Waals surface area contributed by atoms with Crippen LogP contribution in [0.4, 0.5) is 0 Å². The van der Waals surface area contributed by atoms with Gasteiger partial charge in [0.2, 0.25) is 18.4 Å². The lowest BCUT2D eigenvalue weighted by Gasteiger charge is -2.38. The summed E-state index contributed by atoms with van der Waals surface area (Å²) in [5.74, 6) is -0.335. The van der Waals surface area contributed by atoms with Gasteiger partial charge in [0, 0.05) is 41.8 Å². The number of rotatable bonds is 11. The van der Waals surface area contributed by atoms with Crippen LogP contribution in [0.25, 0.3) is 0 Å². The van der Waals surface area contributed by atoms with Gasteiger partial charge in [-0.15, -0.1) is 11.8 Å². The molecular weight excluding hydrogens is 620 g/mol. The first-order valence-corrected chi connectivity index (χ1v) is 15.7. The van der Waals surface area contributed by atoms with Crippen LogP contribution in [0, 0.1) is 11.8 Å². The minimum absolute atomic E-state index is 0.0285. The zero-order valence-corrected chi connectivity index (χ0v) is 26.6. The van der Waals surface area contributed by atoms with E-state index in [1.165, 1.54) is 43.7 Å². The number of aromatic hydroxyl groups is 2. The molecule has 13 nitrogen and oxygen atoms in total. The molecule has 0 bridgehead atoms. The smallest absolute Gasteiger partial charge is 0.310 e. The van der Waals surface area contributed by atoms with Crippen molar-refractivity contribution in [3.8, 4) is 40.5 Å². The van der Waals surface area contributed by atoms with Crippen LogP contribution in [-0.2, 0) is 25.6 Å². The second-order valence-corrected chi connectivity index (χ2v) is 12.4. The number of hydrogen-bond acceptors (Lipinski definition) is 13. The lowest BCUT2D eigenvalue weighted by atomic mass is 9.66. The molecule has 46 heavy (non-hydrogen) atoms. The van der Waals surface area contributed by atoms with Gasteiger partial charge in [0.15, 0.2) is 28.9 Å². The normalized spacial score (nSPS) is 21.6. The van der Waals surface area contributed by atoms with Gasteiger partial charge in [0.05, 0.1) is 45.2 Å². The highest BCUT2D eigenvalue weighted by molar-refractivity contribution is 7.99. The first-order chi connectivity index (χ1) is 22.1. The SMILES string of the molecule is COc1cc([C@@H]2c3cc4c(cc3[C@H](OC(=O)CCn3c(O)cc(SC[C@@H](C)N)c3O)[C@H]3COC(=O)[C@H]23)OCO4)cc(OC)c1OC. The number of thioether (sulfide) groups is 1. The van der Waals surface area contributed by atoms with Crippen molar-refractivity contribution < 1.29 is 53.0 Å². The molecule has 1 aromatic heterocycles. The Hall–Kier alpha value is -4.43. The Morgan fingerprint density at radius 2 is 1.70 bits per heavy atom.